The topological polar surface area (TPSA) is 30.5 Å². The molecule has 1 N–H and O–H groups in total. The Balaban J connectivity index is 1.50. The average molecular weight is 275 g/mol. The van der Waals surface area contributed by atoms with Crippen molar-refractivity contribution in [3.8, 4) is 11.5 Å². The third-order valence-electron chi connectivity index (χ3n) is 4.54. The molecule has 0 bridgehead atoms. The number of fused-ring (bicyclic) bond motifs is 1. The summed E-state index contributed by atoms with van der Waals surface area (Å²) in [6.45, 7) is 4.75. The second-order valence-corrected chi connectivity index (χ2v) is 6.05. The summed E-state index contributed by atoms with van der Waals surface area (Å²) >= 11 is 0. The Labute approximate surface area is 121 Å². The second kappa shape index (κ2) is 6.49. The minimum Gasteiger partial charge on any atom is -0.486 e. The van der Waals surface area contributed by atoms with Crippen LogP contribution in [0.1, 0.15) is 38.2 Å². The van der Waals surface area contributed by atoms with E-state index in [1.54, 1.807) is 0 Å². The standard InChI is InChI=1S/C17H25NO2/c1-13-4-2-3-5-15(13)18-9-8-14-6-7-16-17(12-14)20-11-10-19-16/h6-7,12-13,15,18H,2-5,8-11H2,1H3. The van der Waals surface area contributed by atoms with Gasteiger partial charge in [0.1, 0.15) is 13.2 Å². The summed E-state index contributed by atoms with van der Waals surface area (Å²) in [5, 5.41) is 3.73. The van der Waals surface area contributed by atoms with Crippen LogP contribution in [0.3, 0.4) is 0 Å². The highest BCUT2D eigenvalue weighted by molar-refractivity contribution is 5.43. The van der Waals surface area contributed by atoms with Crippen molar-refractivity contribution >= 4 is 0 Å². The van der Waals surface area contributed by atoms with Crippen LogP contribution in [-0.2, 0) is 6.42 Å². The van der Waals surface area contributed by atoms with Crippen molar-refractivity contribution in [2.75, 3.05) is 19.8 Å². The van der Waals surface area contributed by atoms with Gasteiger partial charge in [-0.2, -0.15) is 0 Å². The number of hydrogen-bond donors (Lipinski definition) is 1. The van der Waals surface area contributed by atoms with Crippen LogP contribution in [0.2, 0.25) is 0 Å². The number of benzene rings is 1. The van der Waals surface area contributed by atoms with Gasteiger partial charge < -0.3 is 14.8 Å². The molecule has 0 spiro atoms. The smallest absolute Gasteiger partial charge is 0.161 e. The molecule has 1 fully saturated rings. The summed E-state index contributed by atoms with van der Waals surface area (Å²) in [5.74, 6) is 2.61. The lowest BCUT2D eigenvalue weighted by atomic mass is 9.86. The fraction of sp³-hybridized carbons (Fsp3) is 0.647. The molecular weight excluding hydrogens is 250 g/mol. The third-order valence-corrected chi connectivity index (χ3v) is 4.54. The van der Waals surface area contributed by atoms with E-state index in [1.165, 1.54) is 31.2 Å². The normalized spacial score (nSPS) is 25.4. The Morgan fingerprint density at radius 2 is 1.90 bits per heavy atom. The molecule has 2 aliphatic rings. The molecule has 0 saturated heterocycles. The van der Waals surface area contributed by atoms with Gasteiger partial charge in [-0.15, -0.1) is 0 Å². The molecule has 0 aromatic heterocycles. The van der Waals surface area contributed by atoms with Crippen molar-refractivity contribution in [1.29, 1.82) is 0 Å². The highest BCUT2D eigenvalue weighted by atomic mass is 16.6. The van der Waals surface area contributed by atoms with Gasteiger partial charge >= 0.3 is 0 Å². The van der Waals surface area contributed by atoms with Crippen molar-refractivity contribution in [1.82, 2.24) is 5.32 Å². The molecule has 0 radical (unpaired) electrons. The summed E-state index contributed by atoms with van der Waals surface area (Å²) in [5.41, 5.74) is 1.32. The highest BCUT2D eigenvalue weighted by Gasteiger charge is 2.20. The maximum absolute atomic E-state index is 5.63. The van der Waals surface area contributed by atoms with Crippen molar-refractivity contribution in [3.63, 3.8) is 0 Å². The van der Waals surface area contributed by atoms with Crippen LogP contribution in [0.5, 0.6) is 11.5 Å². The van der Waals surface area contributed by atoms with Crippen LogP contribution in [0.25, 0.3) is 0 Å². The third kappa shape index (κ3) is 3.26. The zero-order valence-electron chi connectivity index (χ0n) is 12.4. The van der Waals surface area contributed by atoms with Gasteiger partial charge in [-0.25, -0.2) is 0 Å². The molecule has 1 aromatic rings. The SMILES string of the molecule is CC1CCCCC1NCCc1ccc2c(c1)OCCO2. The van der Waals surface area contributed by atoms with Crippen LogP contribution >= 0.6 is 0 Å². The minimum atomic E-state index is 0.660. The number of hydrogen-bond acceptors (Lipinski definition) is 3. The van der Waals surface area contributed by atoms with Gasteiger partial charge in [0.15, 0.2) is 11.5 Å². The van der Waals surface area contributed by atoms with E-state index < -0.39 is 0 Å². The summed E-state index contributed by atoms with van der Waals surface area (Å²) in [4.78, 5) is 0. The van der Waals surface area contributed by atoms with Crippen LogP contribution < -0.4 is 14.8 Å². The first-order valence-corrected chi connectivity index (χ1v) is 7.95. The summed E-state index contributed by atoms with van der Waals surface area (Å²) in [6.07, 6.45) is 6.55. The summed E-state index contributed by atoms with van der Waals surface area (Å²) in [6, 6.07) is 7.02. The van der Waals surface area contributed by atoms with Crippen molar-refractivity contribution in [3.05, 3.63) is 23.8 Å². The molecule has 3 heteroatoms. The molecule has 0 amide bonds. The molecule has 3 nitrogen and oxygen atoms in total. The molecule has 20 heavy (non-hydrogen) atoms. The van der Waals surface area contributed by atoms with E-state index in [1.807, 2.05) is 6.07 Å². The Bertz CT molecular complexity index is 447. The van der Waals surface area contributed by atoms with E-state index >= 15 is 0 Å². The monoisotopic (exact) mass is 275 g/mol. The summed E-state index contributed by atoms with van der Waals surface area (Å²) in [7, 11) is 0. The molecule has 1 aliphatic carbocycles. The molecule has 1 aromatic carbocycles. The maximum Gasteiger partial charge on any atom is 0.161 e. The predicted octanol–water partition coefficient (Wildman–Crippen LogP) is 3.17. The molecule has 2 unspecified atom stereocenters. The van der Waals surface area contributed by atoms with Gasteiger partial charge in [0.05, 0.1) is 0 Å². The minimum absolute atomic E-state index is 0.660. The largest absolute Gasteiger partial charge is 0.486 e. The fourth-order valence-corrected chi connectivity index (χ4v) is 3.26. The first kappa shape index (κ1) is 13.7. The van der Waals surface area contributed by atoms with E-state index in [-0.39, 0.29) is 0 Å². The fourth-order valence-electron chi connectivity index (χ4n) is 3.26. The van der Waals surface area contributed by atoms with Gasteiger partial charge in [0.2, 0.25) is 0 Å². The number of ether oxygens (including phenoxy) is 2. The first-order valence-electron chi connectivity index (χ1n) is 7.95. The van der Waals surface area contributed by atoms with Gasteiger partial charge in [-0.05, 0) is 49.4 Å². The maximum atomic E-state index is 5.63. The molecule has 1 heterocycles. The van der Waals surface area contributed by atoms with Crippen LogP contribution in [0, 0.1) is 5.92 Å². The average Bonchev–Trinajstić information content (AvgIpc) is 2.49. The lowest BCUT2D eigenvalue weighted by Gasteiger charge is -2.29. The van der Waals surface area contributed by atoms with Crippen molar-refractivity contribution in [2.24, 2.45) is 5.92 Å². The molecule has 1 aliphatic heterocycles. The second-order valence-electron chi connectivity index (χ2n) is 6.05. The molecule has 110 valence electrons. The zero-order valence-corrected chi connectivity index (χ0v) is 12.4. The van der Waals surface area contributed by atoms with Crippen LogP contribution in [0.4, 0.5) is 0 Å². The molecule has 1 saturated carbocycles. The van der Waals surface area contributed by atoms with E-state index in [9.17, 15) is 0 Å². The Morgan fingerprint density at radius 3 is 2.75 bits per heavy atom. The van der Waals surface area contributed by atoms with E-state index in [2.05, 4.69) is 24.4 Å². The lowest BCUT2D eigenvalue weighted by Crippen LogP contribution is -2.38. The number of nitrogens with one attached hydrogen (secondary N) is 1. The van der Waals surface area contributed by atoms with Crippen LogP contribution in [0.15, 0.2) is 18.2 Å². The van der Waals surface area contributed by atoms with E-state index in [4.69, 9.17) is 9.47 Å². The molecular formula is C17H25NO2. The first-order chi connectivity index (χ1) is 9.83. The van der Waals surface area contributed by atoms with Gasteiger partial charge in [0, 0.05) is 6.04 Å². The Hall–Kier alpha value is -1.22. The van der Waals surface area contributed by atoms with Gasteiger partial charge in [0.25, 0.3) is 0 Å². The molecule has 3 rings (SSSR count). The highest BCUT2D eigenvalue weighted by Crippen LogP contribution is 2.30. The summed E-state index contributed by atoms with van der Waals surface area (Å²) < 4.78 is 11.2. The van der Waals surface area contributed by atoms with Gasteiger partial charge in [-0.3, -0.25) is 0 Å². The van der Waals surface area contributed by atoms with Gasteiger partial charge in [-0.1, -0.05) is 25.8 Å². The van der Waals surface area contributed by atoms with Crippen LogP contribution in [-0.4, -0.2) is 25.8 Å². The molecule has 2 atom stereocenters. The predicted molar refractivity (Wildman–Crippen MR) is 80.6 cm³/mol. The lowest BCUT2D eigenvalue weighted by molar-refractivity contribution is 0.171. The Morgan fingerprint density at radius 1 is 1.10 bits per heavy atom. The number of rotatable bonds is 4. The van der Waals surface area contributed by atoms with Crippen molar-refractivity contribution in [2.45, 2.75) is 45.1 Å². The zero-order chi connectivity index (χ0) is 13.8. The quantitative estimate of drug-likeness (QED) is 0.915. The van der Waals surface area contributed by atoms with Crippen molar-refractivity contribution < 1.29 is 9.47 Å². The Kier molecular flexibility index (Phi) is 4.46. The van der Waals surface area contributed by atoms with E-state index in [0.717, 1.165) is 30.4 Å². The van der Waals surface area contributed by atoms with E-state index in [0.29, 0.717) is 19.3 Å².